The minimum Gasteiger partial charge on any atom is -0.323 e. The molecule has 0 saturated heterocycles. The first kappa shape index (κ1) is 9.44. The van der Waals surface area contributed by atoms with Crippen molar-refractivity contribution >= 4 is 19.2 Å². The zero-order chi connectivity index (χ0) is 7.49. The number of hydrogen-bond donors (Lipinski definition) is 2. The summed E-state index contributed by atoms with van der Waals surface area (Å²) in [6, 6.07) is 0. The van der Waals surface area contributed by atoms with Crippen LogP contribution in [0, 0.1) is 0 Å². The summed E-state index contributed by atoms with van der Waals surface area (Å²) in [6.07, 6.45) is 1.06. The molecule has 0 spiro atoms. The van der Waals surface area contributed by atoms with E-state index < -0.39 is 12.7 Å². The second-order valence-electron chi connectivity index (χ2n) is 1.81. The summed E-state index contributed by atoms with van der Waals surface area (Å²) in [5.74, 6) is 0. The normalized spacial score (nSPS) is 15.6. The number of halogens is 1. The molecule has 0 aromatic rings. The third-order valence-electron chi connectivity index (χ3n) is 0.892. The molecule has 0 aromatic carbocycles. The Balaban J connectivity index is 3.74. The summed E-state index contributed by atoms with van der Waals surface area (Å²) < 4.78 is 10.3. The van der Waals surface area contributed by atoms with E-state index >= 15 is 0 Å². The molecule has 0 aliphatic carbocycles. The molecule has 0 radical (unpaired) electrons. The van der Waals surface area contributed by atoms with Gasteiger partial charge in [-0.05, 0) is 6.42 Å². The van der Waals surface area contributed by atoms with Crippen molar-refractivity contribution in [2.75, 3.05) is 0 Å². The third kappa shape index (κ3) is 3.93. The van der Waals surface area contributed by atoms with Gasteiger partial charge < -0.3 is 9.79 Å². The van der Waals surface area contributed by atoms with Crippen molar-refractivity contribution in [1.82, 2.24) is 0 Å². The Morgan fingerprint density at radius 2 is 2.11 bits per heavy atom. The molecule has 1 atom stereocenters. The van der Waals surface area contributed by atoms with Crippen LogP contribution < -0.4 is 0 Å². The molecule has 0 aromatic heterocycles. The van der Waals surface area contributed by atoms with Gasteiger partial charge in [0.2, 0.25) is 0 Å². The lowest BCUT2D eigenvalue weighted by Crippen LogP contribution is -1.97. The van der Waals surface area contributed by atoms with E-state index in [1.165, 1.54) is 0 Å². The number of alkyl halides is 1. The quantitative estimate of drug-likeness (QED) is 0.501. The van der Waals surface area contributed by atoms with Crippen molar-refractivity contribution in [3.8, 4) is 0 Å². The van der Waals surface area contributed by atoms with E-state index in [0.29, 0.717) is 12.8 Å². The molecule has 56 valence electrons. The first-order valence-electron chi connectivity index (χ1n) is 2.67. The first-order valence-corrected chi connectivity index (χ1v) is 4.79. The van der Waals surface area contributed by atoms with Crippen molar-refractivity contribution < 1.29 is 14.4 Å². The van der Waals surface area contributed by atoms with Crippen LogP contribution >= 0.6 is 19.2 Å². The fourth-order valence-electron chi connectivity index (χ4n) is 0.406. The highest BCUT2D eigenvalue weighted by molar-refractivity contribution is 7.54. The van der Waals surface area contributed by atoms with Gasteiger partial charge in [-0.1, -0.05) is 13.3 Å². The van der Waals surface area contributed by atoms with Gasteiger partial charge in [0.25, 0.3) is 0 Å². The molecule has 0 rings (SSSR count). The number of rotatable bonds is 3. The molecule has 0 aliphatic heterocycles. The first-order chi connectivity index (χ1) is 3.98. The van der Waals surface area contributed by atoms with Gasteiger partial charge >= 0.3 is 7.60 Å². The van der Waals surface area contributed by atoms with Gasteiger partial charge in [-0.15, -0.1) is 11.6 Å². The summed E-state index contributed by atoms with van der Waals surface area (Å²) in [6.45, 7) is 1.82. The van der Waals surface area contributed by atoms with Gasteiger partial charge in [0.1, 0.15) is 5.12 Å². The summed E-state index contributed by atoms with van der Waals surface area (Å²) in [5.41, 5.74) is 0. The van der Waals surface area contributed by atoms with Gasteiger partial charge in [-0.2, -0.15) is 0 Å². The molecular formula is C4H10ClO3P. The minimum atomic E-state index is -4.01. The van der Waals surface area contributed by atoms with Crippen LogP contribution in [-0.2, 0) is 4.57 Å². The average Bonchev–Trinajstić information content (AvgIpc) is 1.64. The Morgan fingerprint density at radius 1 is 1.67 bits per heavy atom. The zero-order valence-corrected chi connectivity index (χ0v) is 6.77. The smallest absolute Gasteiger partial charge is 0.323 e. The van der Waals surface area contributed by atoms with E-state index in [9.17, 15) is 4.57 Å². The molecular weight excluding hydrogens is 162 g/mol. The molecule has 5 heteroatoms. The molecule has 0 bridgehead atoms. The van der Waals surface area contributed by atoms with Gasteiger partial charge in [-0.25, -0.2) is 0 Å². The van der Waals surface area contributed by atoms with Crippen molar-refractivity contribution in [3.63, 3.8) is 0 Å². The molecule has 2 N–H and O–H groups in total. The Labute approximate surface area is 59.2 Å². The van der Waals surface area contributed by atoms with E-state index in [1.54, 1.807) is 0 Å². The highest BCUT2D eigenvalue weighted by Gasteiger charge is 2.24. The van der Waals surface area contributed by atoms with Crippen molar-refractivity contribution in [3.05, 3.63) is 0 Å². The van der Waals surface area contributed by atoms with Crippen LogP contribution in [0.5, 0.6) is 0 Å². The SMILES string of the molecule is CCC[C@@H](Cl)P(=O)(O)O. The second-order valence-corrected chi connectivity index (χ2v) is 4.44. The van der Waals surface area contributed by atoms with Crippen molar-refractivity contribution in [1.29, 1.82) is 0 Å². The molecule has 9 heavy (non-hydrogen) atoms. The minimum absolute atomic E-state index is 0.367. The van der Waals surface area contributed by atoms with Gasteiger partial charge in [-0.3, -0.25) is 4.57 Å². The maximum atomic E-state index is 10.3. The van der Waals surface area contributed by atoms with E-state index in [2.05, 4.69) is 0 Å². The Kier molecular flexibility index (Phi) is 3.74. The summed E-state index contributed by atoms with van der Waals surface area (Å²) in [7, 11) is -4.01. The third-order valence-corrected chi connectivity index (χ3v) is 2.86. The van der Waals surface area contributed by atoms with Crippen molar-refractivity contribution in [2.45, 2.75) is 24.9 Å². The summed E-state index contributed by atoms with van der Waals surface area (Å²) >= 11 is 5.29. The molecule has 3 nitrogen and oxygen atoms in total. The Morgan fingerprint density at radius 3 is 2.22 bits per heavy atom. The van der Waals surface area contributed by atoms with Crippen LogP contribution in [0.2, 0.25) is 0 Å². The van der Waals surface area contributed by atoms with Gasteiger partial charge in [0.15, 0.2) is 0 Å². The van der Waals surface area contributed by atoms with E-state index in [0.717, 1.165) is 0 Å². The fourth-order valence-corrected chi connectivity index (χ4v) is 1.22. The topological polar surface area (TPSA) is 57.5 Å². The van der Waals surface area contributed by atoms with Gasteiger partial charge in [0.05, 0.1) is 0 Å². The Hall–Kier alpha value is 0.440. The average molecular weight is 173 g/mol. The molecule has 0 heterocycles. The van der Waals surface area contributed by atoms with Crippen LogP contribution in [0.25, 0.3) is 0 Å². The van der Waals surface area contributed by atoms with Crippen LogP contribution in [-0.4, -0.2) is 14.9 Å². The maximum Gasteiger partial charge on any atom is 0.343 e. The molecule has 0 saturated carbocycles. The lowest BCUT2D eigenvalue weighted by atomic mass is 10.4. The van der Waals surface area contributed by atoms with Crippen LogP contribution in [0.3, 0.4) is 0 Å². The molecule has 0 fully saturated rings. The van der Waals surface area contributed by atoms with Crippen LogP contribution in [0.1, 0.15) is 19.8 Å². The maximum absolute atomic E-state index is 10.3. The largest absolute Gasteiger partial charge is 0.343 e. The summed E-state index contributed by atoms with van der Waals surface area (Å²) in [5, 5.41) is -0.998. The predicted molar refractivity (Wildman–Crippen MR) is 36.6 cm³/mol. The number of hydrogen-bond acceptors (Lipinski definition) is 1. The molecule has 0 aliphatic rings. The van der Waals surface area contributed by atoms with Crippen LogP contribution in [0.4, 0.5) is 0 Å². The lowest BCUT2D eigenvalue weighted by Gasteiger charge is -2.08. The molecule has 0 unspecified atom stereocenters. The van der Waals surface area contributed by atoms with Gasteiger partial charge in [0, 0.05) is 0 Å². The fraction of sp³-hybridized carbons (Fsp3) is 1.00. The molecule has 0 amide bonds. The zero-order valence-electron chi connectivity index (χ0n) is 5.12. The van der Waals surface area contributed by atoms with Crippen LogP contribution in [0.15, 0.2) is 0 Å². The van der Waals surface area contributed by atoms with E-state index in [4.69, 9.17) is 21.4 Å². The highest BCUT2D eigenvalue weighted by atomic mass is 35.5. The summed E-state index contributed by atoms with van der Waals surface area (Å²) in [4.78, 5) is 16.8. The highest BCUT2D eigenvalue weighted by Crippen LogP contribution is 2.45. The Bertz CT molecular complexity index is 121. The standard InChI is InChI=1S/C4H10ClO3P/c1-2-3-4(5)9(6,7)8/h4H,2-3H2,1H3,(H2,6,7,8)/t4-/m0/s1. The predicted octanol–water partition coefficient (Wildman–Crippen LogP) is 1.53. The van der Waals surface area contributed by atoms with Crippen molar-refractivity contribution in [2.24, 2.45) is 0 Å². The second kappa shape index (κ2) is 3.57. The monoisotopic (exact) mass is 172 g/mol. The lowest BCUT2D eigenvalue weighted by molar-refractivity contribution is 0.366. The van der Waals surface area contributed by atoms with E-state index in [1.807, 2.05) is 6.92 Å². The van der Waals surface area contributed by atoms with E-state index in [-0.39, 0.29) is 0 Å².